The minimum atomic E-state index is -0.981. The van der Waals surface area contributed by atoms with Crippen LogP contribution in [-0.2, 0) is 14.3 Å². The second-order valence-corrected chi connectivity index (χ2v) is 6.97. The van der Waals surface area contributed by atoms with Gasteiger partial charge in [0.1, 0.15) is 11.2 Å². The number of piperazine rings is 1. The highest BCUT2D eigenvalue weighted by atomic mass is 16.6. The van der Waals surface area contributed by atoms with Gasteiger partial charge in [-0.3, -0.25) is 9.59 Å². The molecule has 3 rings (SSSR count). The average Bonchev–Trinajstić information content (AvgIpc) is 3.51. The van der Waals surface area contributed by atoms with E-state index in [0.29, 0.717) is 57.9 Å². The highest BCUT2D eigenvalue weighted by Gasteiger charge is 2.58. The number of nitrogens with one attached hydrogen (secondary N) is 1. The van der Waals surface area contributed by atoms with Crippen LogP contribution in [0.5, 0.6) is 5.75 Å². The van der Waals surface area contributed by atoms with Gasteiger partial charge in [-0.05, 0) is 51.0 Å². The van der Waals surface area contributed by atoms with E-state index < -0.39 is 5.41 Å². The molecule has 1 aliphatic carbocycles. The Morgan fingerprint density at radius 1 is 0.964 bits per heavy atom. The average molecular weight is 389 g/mol. The number of carbonyl (C=O) groups is 3. The van der Waals surface area contributed by atoms with Gasteiger partial charge in [0.25, 0.3) is 0 Å². The van der Waals surface area contributed by atoms with E-state index in [9.17, 15) is 14.4 Å². The van der Waals surface area contributed by atoms with E-state index in [4.69, 9.17) is 9.47 Å². The molecule has 0 aromatic heterocycles. The Morgan fingerprint density at radius 2 is 1.57 bits per heavy atom. The van der Waals surface area contributed by atoms with Gasteiger partial charge < -0.3 is 24.6 Å². The summed E-state index contributed by atoms with van der Waals surface area (Å²) in [7, 11) is 0. The van der Waals surface area contributed by atoms with Crippen LogP contribution in [0.3, 0.4) is 0 Å². The topological polar surface area (TPSA) is 88.2 Å². The Hall–Kier alpha value is -2.77. The number of carbonyl (C=O) groups excluding carboxylic acids is 3. The van der Waals surface area contributed by atoms with E-state index in [2.05, 4.69) is 5.32 Å². The molecule has 2 aliphatic rings. The summed E-state index contributed by atoms with van der Waals surface area (Å²) >= 11 is 0. The summed E-state index contributed by atoms with van der Waals surface area (Å²) < 4.78 is 10.4. The van der Waals surface area contributed by atoms with E-state index in [-0.39, 0.29) is 17.9 Å². The molecule has 152 valence electrons. The zero-order valence-corrected chi connectivity index (χ0v) is 16.4. The van der Waals surface area contributed by atoms with Crippen LogP contribution in [0.25, 0.3) is 0 Å². The molecule has 1 saturated heterocycles. The Bertz CT molecular complexity index is 722. The van der Waals surface area contributed by atoms with E-state index in [1.807, 2.05) is 6.92 Å². The van der Waals surface area contributed by atoms with Gasteiger partial charge in [0.05, 0.1) is 13.2 Å². The van der Waals surface area contributed by atoms with Gasteiger partial charge in [-0.25, -0.2) is 4.79 Å². The van der Waals surface area contributed by atoms with Crippen molar-refractivity contribution in [3.8, 4) is 5.75 Å². The molecule has 1 aromatic carbocycles. The van der Waals surface area contributed by atoms with E-state index in [1.54, 1.807) is 41.0 Å². The van der Waals surface area contributed by atoms with Gasteiger partial charge >= 0.3 is 6.09 Å². The standard InChI is InChI=1S/C20H27N3O5/c1-3-27-16-7-5-15(6-8-16)21-17(24)20(9-10-20)18(25)22-11-13-23(14-12-22)19(26)28-4-2/h5-8H,3-4,9-14H2,1-2H3,(H,21,24). The maximum atomic E-state index is 13.0. The molecular weight excluding hydrogens is 362 g/mol. The molecule has 1 aromatic rings. The molecule has 28 heavy (non-hydrogen) atoms. The minimum absolute atomic E-state index is 0.153. The highest BCUT2D eigenvalue weighted by molar-refractivity contribution is 6.13. The van der Waals surface area contributed by atoms with Crippen molar-refractivity contribution in [2.24, 2.45) is 5.41 Å². The number of anilines is 1. The minimum Gasteiger partial charge on any atom is -0.494 e. The monoisotopic (exact) mass is 389 g/mol. The van der Waals surface area contributed by atoms with E-state index in [1.165, 1.54) is 0 Å². The van der Waals surface area contributed by atoms with Crippen LogP contribution in [0, 0.1) is 5.41 Å². The van der Waals surface area contributed by atoms with E-state index in [0.717, 1.165) is 5.75 Å². The number of hydrogen-bond donors (Lipinski definition) is 1. The van der Waals surface area contributed by atoms with E-state index >= 15 is 0 Å². The number of amides is 3. The molecule has 3 amide bonds. The summed E-state index contributed by atoms with van der Waals surface area (Å²) in [4.78, 5) is 40.8. The van der Waals surface area contributed by atoms with Crippen molar-refractivity contribution in [1.82, 2.24) is 9.80 Å². The predicted octanol–water partition coefficient (Wildman–Crippen LogP) is 2.10. The van der Waals surface area contributed by atoms with Crippen LogP contribution < -0.4 is 10.1 Å². The van der Waals surface area contributed by atoms with Crippen molar-refractivity contribution in [3.05, 3.63) is 24.3 Å². The van der Waals surface area contributed by atoms with Crippen molar-refractivity contribution >= 4 is 23.6 Å². The zero-order chi connectivity index (χ0) is 20.1. The van der Waals surface area contributed by atoms with Crippen LogP contribution in [0.2, 0.25) is 0 Å². The molecule has 0 atom stereocenters. The summed E-state index contributed by atoms with van der Waals surface area (Å²) in [6.45, 7) is 6.23. The normalized spacial score (nSPS) is 17.6. The van der Waals surface area contributed by atoms with Crippen molar-refractivity contribution < 1.29 is 23.9 Å². The van der Waals surface area contributed by atoms with Crippen LogP contribution in [0.4, 0.5) is 10.5 Å². The lowest BCUT2D eigenvalue weighted by Crippen LogP contribution is -2.53. The molecule has 2 fully saturated rings. The van der Waals surface area contributed by atoms with Gasteiger partial charge in [-0.15, -0.1) is 0 Å². The molecule has 0 unspecified atom stereocenters. The second-order valence-electron chi connectivity index (χ2n) is 6.97. The zero-order valence-electron chi connectivity index (χ0n) is 16.4. The third-order valence-corrected chi connectivity index (χ3v) is 5.11. The number of rotatable bonds is 6. The van der Waals surface area contributed by atoms with Crippen molar-refractivity contribution in [2.75, 3.05) is 44.7 Å². The van der Waals surface area contributed by atoms with Crippen molar-refractivity contribution in [2.45, 2.75) is 26.7 Å². The molecule has 1 aliphatic heterocycles. The molecule has 1 heterocycles. The number of nitrogens with zero attached hydrogens (tertiary/aromatic N) is 2. The fourth-order valence-electron chi connectivity index (χ4n) is 3.32. The van der Waals surface area contributed by atoms with Crippen molar-refractivity contribution in [3.63, 3.8) is 0 Å². The summed E-state index contributed by atoms with van der Waals surface area (Å²) in [5, 5.41) is 2.85. The molecule has 8 heteroatoms. The summed E-state index contributed by atoms with van der Waals surface area (Å²) in [5.41, 5.74) is -0.343. The first-order valence-electron chi connectivity index (χ1n) is 9.75. The first-order chi connectivity index (χ1) is 13.5. The first-order valence-corrected chi connectivity index (χ1v) is 9.75. The van der Waals surface area contributed by atoms with Crippen LogP contribution in [0.1, 0.15) is 26.7 Å². The van der Waals surface area contributed by atoms with Gasteiger partial charge in [0.15, 0.2) is 0 Å². The lowest BCUT2D eigenvalue weighted by molar-refractivity contribution is -0.143. The van der Waals surface area contributed by atoms with Gasteiger partial charge in [0.2, 0.25) is 11.8 Å². The second kappa shape index (κ2) is 8.50. The first kappa shape index (κ1) is 20.0. The quantitative estimate of drug-likeness (QED) is 0.753. The van der Waals surface area contributed by atoms with Crippen LogP contribution >= 0.6 is 0 Å². The lowest BCUT2D eigenvalue weighted by atomic mass is 10.0. The molecule has 0 radical (unpaired) electrons. The predicted molar refractivity (Wildman–Crippen MR) is 103 cm³/mol. The Morgan fingerprint density at radius 3 is 2.11 bits per heavy atom. The summed E-state index contributed by atoms with van der Waals surface area (Å²) in [6.07, 6.45) is 0.739. The van der Waals surface area contributed by atoms with Gasteiger partial charge in [-0.2, -0.15) is 0 Å². The molecule has 1 saturated carbocycles. The summed E-state index contributed by atoms with van der Waals surface area (Å²) in [5.74, 6) is 0.311. The van der Waals surface area contributed by atoms with Gasteiger partial charge in [0, 0.05) is 31.9 Å². The highest BCUT2D eigenvalue weighted by Crippen LogP contribution is 2.48. The smallest absolute Gasteiger partial charge is 0.409 e. The third-order valence-electron chi connectivity index (χ3n) is 5.11. The van der Waals surface area contributed by atoms with Crippen LogP contribution in [-0.4, -0.2) is 67.1 Å². The SMILES string of the molecule is CCOC(=O)N1CCN(C(=O)C2(C(=O)Nc3ccc(OCC)cc3)CC2)CC1. The third kappa shape index (κ3) is 4.21. The maximum Gasteiger partial charge on any atom is 0.409 e. The molecule has 8 nitrogen and oxygen atoms in total. The number of ether oxygens (including phenoxy) is 2. The molecule has 1 N–H and O–H groups in total. The molecule has 0 spiro atoms. The summed E-state index contributed by atoms with van der Waals surface area (Å²) in [6, 6.07) is 7.10. The van der Waals surface area contributed by atoms with Crippen LogP contribution in [0.15, 0.2) is 24.3 Å². The maximum absolute atomic E-state index is 13.0. The van der Waals surface area contributed by atoms with Crippen molar-refractivity contribution in [1.29, 1.82) is 0 Å². The number of benzene rings is 1. The molecular formula is C20H27N3O5. The number of hydrogen-bond acceptors (Lipinski definition) is 5. The Kier molecular flexibility index (Phi) is 6.06. The largest absolute Gasteiger partial charge is 0.494 e. The lowest BCUT2D eigenvalue weighted by Gasteiger charge is -2.35. The molecule has 0 bridgehead atoms. The van der Waals surface area contributed by atoms with Gasteiger partial charge in [-0.1, -0.05) is 0 Å². The fourth-order valence-corrected chi connectivity index (χ4v) is 3.32. The fraction of sp³-hybridized carbons (Fsp3) is 0.550. The Balaban J connectivity index is 1.56. The Labute approximate surface area is 164 Å².